The van der Waals surface area contributed by atoms with Crippen molar-refractivity contribution in [1.29, 1.82) is 0 Å². The summed E-state index contributed by atoms with van der Waals surface area (Å²) < 4.78 is 2.03. The number of hydrogen-bond acceptors (Lipinski definition) is 3. The molecule has 5 nitrogen and oxygen atoms in total. The van der Waals surface area contributed by atoms with Gasteiger partial charge in [-0.2, -0.15) is 0 Å². The van der Waals surface area contributed by atoms with Crippen molar-refractivity contribution < 1.29 is 4.57 Å². The summed E-state index contributed by atoms with van der Waals surface area (Å²) in [6, 6.07) is 7.85. The predicted molar refractivity (Wildman–Crippen MR) is 92.9 cm³/mol. The van der Waals surface area contributed by atoms with Crippen LogP contribution in [0, 0.1) is 0 Å². The Hall–Kier alpha value is -2.14. The SMILES string of the molecule is CCNc1nc[n+](Cc2ccccc2Cl)c2nc(C(C)C)[nH]c12. The summed E-state index contributed by atoms with van der Waals surface area (Å²) in [6.45, 7) is 7.75. The molecular formula is C17H21ClN5+. The van der Waals surface area contributed by atoms with E-state index in [4.69, 9.17) is 16.6 Å². The summed E-state index contributed by atoms with van der Waals surface area (Å²) in [5, 5.41) is 4.04. The number of nitrogens with zero attached hydrogens (tertiary/aromatic N) is 3. The van der Waals surface area contributed by atoms with E-state index in [9.17, 15) is 0 Å². The Morgan fingerprint density at radius 2 is 2.09 bits per heavy atom. The van der Waals surface area contributed by atoms with E-state index < -0.39 is 0 Å². The molecule has 6 heteroatoms. The topological polar surface area (TPSA) is 57.5 Å². The molecular weight excluding hydrogens is 310 g/mol. The number of imidazole rings is 1. The van der Waals surface area contributed by atoms with Crippen molar-refractivity contribution in [3.63, 3.8) is 0 Å². The first kappa shape index (κ1) is 15.7. The second-order valence-corrected chi connectivity index (χ2v) is 6.23. The average Bonchev–Trinajstić information content (AvgIpc) is 2.98. The molecule has 0 spiro atoms. The van der Waals surface area contributed by atoms with Gasteiger partial charge in [-0.15, -0.1) is 0 Å². The van der Waals surface area contributed by atoms with E-state index in [1.807, 2.05) is 35.2 Å². The van der Waals surface area contributed by atoms with Crippen molar-refractivity contribution in [2.75, 3.05) is 11.9 Å². The third-order valence-electron chi connectivity index (χ3n) is 3.73. The molecule has 0 radical (unpaired) electrons. The fourth-order valence-corrected chi connectivity index (χ4v) is 2.70. The third-order valence-corrected chi connectivity index (χ3v) is 4.10. The number of benzene rings is 1. The molecule has 2 heterocycles. The lowest BCUT2D eigenvalue weighted by Gasteiger charge is -2.05. The Labute approximate surface area is 140 Å². The number of rotatable bonds is 5. The van der Waals surface area contributed by atoms with Gasteiger partial charge >= 0.3 is 0 Å². The Bertz CT molecular complexity index is 825. The molecule has 120 valence electrons. The minimum atomic E-state index is 0.325. The van der Waals surface area contributed by atoms with Crippen molar-refractivity contribution in [2.45, 2.75) is 33.2 Å². The number of anilines is 1. The van der Waals surface area contributed by atoms with E-state index in [-0.39, 0.29) is 0 Å². The smallest absolute Gasteiger partial charge is 0.294 e. The van der Waals surface area contributed by atoms with Crippen LogP contribution in [0.2, 0.25) is 5.02 Å². The van der Waals surface area contributed by atoms with E-state index in [1.165, 1.54) is 0 Å². The highest BCUT2D eigenvalue weighted by Crippen LogP contribution is 2.21. The lowest BCUT2D eigenvalue weighted by atomic mass is 10.2. The van der Waals surface area contributed by atoms with E-state index >= 15 is 0 Å². The fraction of sp³-hybridized carbons (Fsp3) is 0.353. The zero-order valence-corrected chi connectivity index (χ0v) is 14.4. The highest BCUT2D eigenvalue weighted by atomic mass is 35.5. The van der Waals surface area contributed by atoms with Gasteiger partial charge in [0.15, 0.2) is 11.3 Å². The van der Waals surface area contributed by atoms with Crippen molar-refractivity contribution >= 4 is 28.6 Å². The highest BCUT2D eigenvalue weighted by molar-refractivity contribution is 6.31. The summed E-state index contributed by atoms with van der Waals surface area (Å²) >= 11 is 6.29. The molecule has 1 aromatic carbocycles. The normalized spacial score (nSPS) is 11.3. The minimum Gasteiger partial charge on any atom is -0.355 e. The van der Waals surface area contributed by atoms with Gasteiger partial charge in [0.1, 0.15) is 0 Å². The zero-order valence-electron chi connectivity index (χ0n) is 13.6. The number of aromatic nitrogens is 4. The molecule has 0 fully saturated rings. The second-order valence-electron chi connectivity index (χ2n) is 5.82. The molecule has 0 saturated heterocycles. The zero-order chi connectivity index (χ0) is 16.4. The first-order valence-electron chi connectivity index (χ1n) is 7.85. The van der Waals surface area contributed by atoms with Crippen LogP contribution in [-0.4, -0.2) is 21.5 Å². The van der Waals surface area contributed by atoms with Gasteiger partial charge in [0.2, 0.25) is 12.1 Å². The molecule has 0 aliphatic rings. The van der Waals surface area contributed by atoms with E-state index in [0.717, 1.165) is 39.9 Å². The maximum atomic E-state index is 6.29. The molecule has 3 rings (SSSR count). The van der Waals surface area contributed by atoms with E-state index in [2.05, 4.69) is 36.1 Å². The average molecular weight is 331 g/mol. The molecule has 0 atom stereocenters. The van der Waals surface area contributed by atoms with Gasteiger partial charge in [-0.25, -0.2) is 4.57 Å². The van der Waals surface area contributed by atoms with Gasteiger partial charge in [0.25, 0.3) is 5.65 Å². The second kappa shape index (κ2) is 6.54. The van der Waals surface area contributed by atoms with Gasteiger partial charge in [-0.3, -0.25) is 0 Å². The number of H-pyrrole nitrogens is 1. The molecule has 0 amide bonds. The van der Waals surface area contributed by atoms with Crippen LogP contribution < -0.4 is 9.88 Å². The molecule has 0 aliphatic carbocycles. The quantitative estimate of drug-likeness (QED) is 0.704. The molecule has 0 saturated carbocycles. The lowest BCUT2D eigenvalue weighted by molar-refractivity contribution is -0.667. The van der Waals surface area contributed by atoms with Crippen LogP contribution in [0.4, 0.5) is 5.82 Å². The van der Waals surface area contributed by atoms with Gasteiger partial charge in [0, 0.05) is 23.0 Å². The number of aromatic amines is 1. The van der Waals surface area contributed by atoms with Gasteiger partial charge in [-0.1, -0.05) is 53.6 Å². The Balaban J connectivity index is 2.10. The standard InChI is InChI=1S/C17H20ClN5/c1-4-19-16-14-17(22-15(21-14)11(2)3)23(10-20-16)9-12-7-5-6-8-13(12)18/h5-8,10-11H,4,9H2,1-3H3,(H,19,21,22)/p+1. The Morgan fingerprint density at radius 1 is 1.30 bits per heavy atom. The molecule has 0 aliphatic heterocycles. The first-order chi connectivity index (χ1) is 11.1. The van der Waals surface area contributed by atoms with Gasteiger partial charge in [0.05, 0.1) is 6.54 Å². The van der Waals surface area contributed by atoms with Crippen LogP contribution in [0.1, 0.15) is 38.1 Å². The molecule has 0 unspecified atom stereocenters. The Kier molecular flexibility index (Phi) is 4.48. The van der Waals surface area contributed by atoms with Crippen LogP contribution in [-0.2, 0) is 6.54 Å². The van der Waals surface area contributed by atoms with E-state index in [0.29, 0.717) is 12.5 Å². The molecule has 0 bridgehead atoms. The largest absolute Gasteiger partial charge is 0.355 e. The fourth-order valence-electron chi connectivity index (χ4n) is 2.50. The molecule has 3 aromatic rings. The van der Waals surface area contributed by atoms with Gasteiger partial charge in [-0.05, 0) is 13.0 Å². The first-order valence-corrected chi connectivity index (χ1v) is 8.23. The highest BCUT2D eigenvalue weighted by Gasteiger charge is 2.21. The molecule has 2 aromatic heterocycles. The van der Waals surface area contributed by atoms with Crippen LogP contribution in [0.5, 0.6) is 0 Å². The monoisotopic (exact) mass is 330 g/mol. The molecule has 23 heavy (non-hydrogen) atoms. The van der Waals surface area contributed by atoms with Crippen LogP contribution >= 0.6 is 11.6 Å². The van der Waals surface area contributed by atoms with Crippen LogP contribution in [0.25, 0.3) is 11.2 Å². The predicted octanol–water partition coefficient (Wildman–Crippen LogP) is 3.50. The summed E-state index contributed by atoms with van der Waals surface area (Å²) in [5.41, 5.74) is 2.87. The third kappa shape index (κ3) is 3.15. The maximum Gasteiger partial charge on any atom is 0.294 e. The van der Waals surface area contributed by atoms with Crippen molar-refractivity contribution in [1.82, 2.24) is 15.0 Å². The van der Waals surface area contributed by atoms with Crippen LogP contribution in [0.3, 0.4) is 0 Å². The summed E-state index contributed by atoms with van der Waals surface area (Å²) in [5.74, 6) is 2.11. The maximum absolute atomic E-state index is 6.29. The minimum absolute atomic E-state index is 0.325. The lowest BCUT2D eigenvalue weighted by Crippen LogP contribution is -2.36. The summed E-state index contributed by atoms with van der Waals surface area (Å²) in [6.07, 6.45) is 1.81. The summed E-state index contributed by atoms with van der Waals surface area (Å²) in [4.78, 5) is 12.7. The van der Waals surface area contributed by atoms with Crippen molar-refractivity contribution in [3.05, 3.63) is 47.0 Å². The number of halogens is 1. The van der Waals surface area contributed by atoms with Crippen LogP contribution in [0.15, 0.2) is 30.6 Å². The number of nitrogens with one attached hydrogen (secondary N) is 2. The van der Waals surface area contributed by atoms with E-state index in [1.54, 1.807) is 0 Å². The molecule has 2 N–H and O–H groups in total. The Morgan fingerprint density at radius 3 is 2.78 bits per heavy atom. The van der Waals surface area contributed by atoms with Crippen molar-refractivity contribution in [2.24, 2.45) is 0 Å². The number of hydrogen-bond donors (Lipinski definition) is 2. The summed E-state index contributed by atoms with van der Waals surface area (Å²) in [7, 11) is 0. The number of fused-ring (bicyclic) bond motifs is 1. The van der Waals surface area contributed by atoms with Gasteiger partial charge < -0.3 is 10.3 Å². The van der Waals surface area contributed by atoms with Crippen molar-refractivity contribution in [3.8, 4) is 0 Å².